The van der Waals surface area contributed by atoms with Gasteiger partial charge in [0.2, 0.25) is 0 Å². The van der Waals surface area contributed by atoms with E-state index in [1.807, 2.05) is 48.5 Å². The number of nitrogens with one attached hydrogen (secondary N) is 1. The van der Waals surface area contributed by atoms with E-state index >= 15 is 0 Å². The Morgan fingerprint density at radius 2 is 2.05 bits per heavy atom. The lowest BCUT2D eigenvalue weighted by Crippen LogP contribution is -2.06. The topological polar surface area (TPSA) is 42.8 Å². The summed E-state index contributed by atoms with van der Waals surface area (Å²) in [6.07, 6.45) is 3.48. The first kappa shape index (κ1) is 15.6. The molecular formula is C18H20N2O2. The molecule has 0 bridgehead atoms. The lowest BCUT2D eigenvalue weighted by Gasteiger charge is -2.07. The number of ether oxygens (including phenoxy) is 2. The fourth-order valence-corrected chi connectivity index (χ4v) is 1.94. The summed E-state index contributed by atoms with van der Waals surface area (Å²) in [6.45, 7) is 4.73. The summed E-state index contributed by atoms with van der Waals surface area (Å²) in [5.41, 5.74) is 5.05. The van der Waals surface area contributed by atoms with Crippen LogP contribution in [0.1, 0.15) is 11.1 Å². The number of hydrogen-bond donors (Lipinski definition) is 1. The van der Waals surface area contributed by atoms with E-state index in [1.54, 1.807) is 19.4 Å². The monoisotopic (exact) mass is 296 g/mol. The van der Waals surface area contributed by atoms with Crippen LogP contribution in [0.3, 0.4) is 0 Å². The Morgan fingerprint density at radius 1 is 1.18 bits per heavy atom. The molecule has 22 heavy (non-hydrogen) atoms. The van der Waals surface area contributed by atoms with E-state index in [4.69, 9.17) is 9.47 Å². The number of hydrazone groups is 1. The van der Waals surface area contributed by atoms with Gasteiger partial charge in [0.05, 0.1) is 19.9 Å². The van der Waals surface area contributed by atoms with Gasteiger partial charge in [-0.05, 0) is 23.8 Å². The summed E-state index contributed by atoms with van der Waals surface area (Å²) < 4.78 is 10.8. The second-order valence-corrected chi connectivity index (χ2v) is 4.58. The molecule has 4 heteroatoms. The van der Waals surface area contributed by atoms with Gasteiger partial charge in [-0.2, -0.15) is 5.10 Å². The molecule has 2 aromatic rings. The molecule has 0 atom stereocenters. The third-order valence-corrected chi connectivity index (χ3v) is 2.99. The van der Waals surface area contributed by atoms with Crippen LogP contribution in [0.15, 0.2) is 66.3 Å². The van der Waals surface area contributed by atoms with Gasteiger partial charge in [0.25, 0.3) is 0 Å². The van der Waals surface area contributed by atoms with Crippen molar-refractivity contribution in [3.8, 4) is 11.5 Å². The molecule has 0 amide bonds. The molecular weight excluding hydrogens is 276 g/mol. The first-order valence-corrected chi connectivity index (χ1v) is 7.05. The van der Waals surface area contributed by atoms with Crippen LogP contribution in [0, 0.1) is 0 Å². The van der Waals surface area contributed by atoms with E-state index in [1.165, 1.54) is 0 Å². The minimum absolute atomic E-state index is 0.493. The number of rotatable bonds is 8. The highest BCUT2D eigenvalue weighted by Crippen LogP contribution is 2.16. The fourth-order valence-electron chi connectivity index (χ4n) is 1.94. The van der Waals surface area contributed by atoms with Crippen molar-refractivity contribution in [2.24, 2.45) is 5.10 Å². The summed E-state index contributed by atoms with van der Waals surface area (Å²) in [5, 5.41) is 4.23. The molecule has 2 aromatic carbocycles. The van der Waals surface area contributed by atoms with E-state index in [2.05, 4.69) is 17.1 Å². The van der Waals surface area contributed by atoms with Gasteiger partial charge in [-0.15, -0.1) is 0 Å². The van der Waals surface area contributed by atoms with Gasteiger partial charge in [-0.3, -0.25) is 0 Å². The zero-order valence-corrected chi connectivity index (χ0v) is 12.7. The third kappa shape index (κ3) is 4.66. The average molecular weight is 296 g/mol. The summed E-state index contributed by atoms with van der Waals surface area (Å²) in [6, 6.07) is 15.6. The molecule has 4 nitrogen and oxygen atoms in total. The summed E-state index contributed by atoms with van der Waals surface area (Å²) in [4.78, 5) is 0. The van der Waals surface area contributed by atoms with Gasteiger partial charge in [-0.1, -0.05) is 43.0 Å². The maximum atomic E-state index is 5.49. The number of methoxy groups -OCH3 is 1. The maximum Gasteiger partial charge on any atom is 0.123 e. The van der Waals surface area contributed by atoms with Crippen LogP contribution in [0.5, 0.6) is 11.5 Å². The van der Waals surface area contributed by atoms with E-state index in [-0.39, 0.29) is 0 Å². The second-order valence-electron chi connectivity index (χ2n) is 4.58. The Labute approximate surface area is 131 Å². The van der Waals surface area contributed by atoms with Gasteiger partial charge in [0.15, 0.2) is 0 Å². The number of benzene rings is 2. The third-order valence-electron chi connectivity index (χ3n) is 2.99. The van der Waals surface area contributed by atoms with Crippen LogP contribution < -0.4 is 14.9 Å². The Balaban J connectivity index is 1.91. The van der Waals surface area contributed by atoms with Gasteiger partial charge >= 0.3 is 0 Å². The van der Waals surface area contributed by atoms with Gasteiger partial charge in [0, 0.05) is 5.56 Å². The molecule has 1 N–H and O–H groups in total. The molecule has 0 aliphatic carbocycles. The Kier molecular flexibility index (Phi) is 6.05. The second kappa shape index (κ2) is 8.52. The highest BCUT2D eigenvalue weighted by Gasteiger charge is 1.99. The molecule has 114 valence electrons. The van der Waals surface area contributed by atoms with Gasteiger partial charge < -0.3 is 14.9 Å². The molecule has 2 rings (SSSR count). The van der Waals surface area contributed by atoms with Crippen molar-refractivity contribution in [3.63, 3.8) is 0 Å². The number of nitrogens with zero attached hydrogens (tertiary/aromatic N) is 1. The molecule has 0 spiro atoms. The van der Waals surface area contributed by atoms with Crippen molar-refractivity contribution < 1.29 is 9.47 Å². The van der Waals surface area contributed by atoms with Crippen LogP contribution in [0.25, 0.3) is 0 Å². The van der Waals surface area contributed by atoms with E-state index in [0.29, 0.717) is 13.2 Å². The average Bonchev–Trinajstić information content (AvgIpc) is 2.57. The lowest BCUT2D eigenvalue weighted by molar-refractivity contribution is 0.363. The molecule has 0 heterocycles. The summed E-state index contributed by atoms with van der Waals surface area (Å²) in [5.74, 6) is 1.65. The van der Waals surface area contributed by atoms with Crippen molar-refractivity contribution in [1.82, 2.24) is 5.43 Å². The van der Waals surface area contributed by atoms with Crippen molar-refractivity contribution in [1.29, 1.82) is 0 Å². The largest absolute Gasteiger partial charge is 0.496 e. The zero-order chi connectivity index (χ0) is 15.6. The summed E-state index contributed by atoms with van der Waals surface area (Å²) in [7, 11) is 1.66. The van der Waals surface area contributed by atoms with E-state index in [0.717, 1.165) is 22.6 Å². The molecule has 0 aliphatic rings. The highest BCUT2D eigenvalue weighted by atomic mass is 16.5. The molecule has 0 fully saturated rings. The Bertz CT molecular complexity index is 638. The molecule has 0 aliphatic heterocycles. The van der Waals surface area contributed by atoms with Crippen molar-refractivity contribution in [2.75, 3.05) is 13.7 Å². The predicted octanol–water partition coefficient (Wildman–Crippen LogP) is 3.38. The Hall–Kier alpha value is -2.75. The molecule has 0 saturated heterocycles. The van der Waals surface area contributed by atoms with Crippen LogP contribution in [0.4, 0.5) is 0 Å². The van der Waals surface area contributed by atoms with Gasteiger partial charge in [0.1, 0.15) is 18.1 Å². The van der Waals surface area contributed by atoms with Crippen LogP contribution in [0.2, 0.25) is 0 Å². The molecule has 0 aromatic heterocycles. The number of para-hydroxylation sites is 1. The van der Waals surface area contributed by atoms with Crippen molar-refractivity contribution in [3.05, 3.63) is 72.3 Å². The minimum atomic E-state index is 0.493. The standard InChI is InChI=1S/C18H20N2O2/c1-3-11-22-17-9-6-7-15(12-17)13-19-20-14-16-8-4-5-10-18(16)21-2/h3-10,12-13,20H,1,11,14H2,2H3/b19-13-. The predicted molar refractivity (Wildman–Crippen MR) is 89.6 cm³/mol. The lowest BCUT2D eigenvalue weighted by atomic mass is 10.2. The summed E-state index contributed by atoms with van der Waals surface area (Å²) >= 11 is 0. The van der Waals surface area contributed by atoms with Crippen LogP contribution in [-0.2, 0) is 6.54 Å². The van der Waals surface area contributed by atoms with Crippen molar-refractivity contribution >= 4 is 6.21 Å². The van der Waals surface area contributed by atoms with Crippen LogP contribution in [-0.4, -0.2) is 19.9 Å². The fraction of sp³-hybridized carbons (Fsp3) is 0.167. The SMILES string of the molecule is C=CCOc1cccc(/C=N\NCc2ccccc2OC)c1. The van der Waals surface area contributed by atoms with Crippen LogP contribution >= 0.6 is 0 Å². The quantitative estimate of drug-likeness (QED) is 0.461. The first-order valence-electron chi connectivity index (χ1n) is 7.05. The minimum Gasteiger partial charge on any atom is -0.496 e. The normalized spacial score (nSPS) is 10.4. The maximum absolute atomic E-state index is 5.49. The van der Waals surface area contributed by atoms with Crippen molar-refractivity contribution in [2.45, 2.75) is 6.54 Å². The Morgan fingerprint density at radius 3 is 2.86 bits per heavy atom. The number of hydrogen-bond acceptors (Lipinski definition) is 4. The van der Waals surface area contributed by atoms with E-state index in [9.17, 15) is 0 Å². The molecule has 0 radical (unpaired) electrons. The first-order chi connectivity index (χ1) is 10.8. The zero-order valence-electron chi connectivity index (χ0n) is 12.7. The highest BCUT2D eigenvalue weighted by molar-refractivity contribution is 5.79. The van der Waals surface area contributed by atoms with E-state index < -0.39 is 0 Å². The molecule has 0 saturated carbocycles. The smallest absolute Gasteiger partial charge is 0.123 e. The van der Waals surface area contributed by atoms with Gasteiger partial charge in [-0.25, -0.2) is 0 Å². The molecule has 0 unspecified atom stereocenters.